The summed E-state index contributed by atoms with van der Waals surface area (Å²) >= 11 is 0. The van der Waals surface area contributed by atoms with Crippen molar-refractivity contribution in [1.29, 1.82) is 0 Å². The van der Waals surface area contributed by atoms with Crippen LogP contribution in [0.1, 0.15) is 0 Å². The first-order valence-electron chi connectivity index (χ1n) is 5.48. The molecule has 3 aromatic rings. The second-order valence-corrected chi connectivity index (χ2v) is 3.84. The third-order valence-corrected chi connectivity index (χ3v) is 2.57. The van der Waals surface area contributed by atoms with E-state index in [2.05, 4.69) is 9.97 Å². The van der Waals surface area contributed by atoms with Gasteiger partial charge in [0.05, 0.1) is 0 Å². The predicted octanol–water partition coefficient (Wildman–Crippen LogP) is 3.13. The lowest BCUT2D eigenvalue weighted by Crippen LogP contribution is -1.87. The summed E-state index contributed by atoms with van der Waals surface area (Å²) in [5.74, 6) is 1.40. The van der Waals surface area contributed by atoms with Crippen molar-refractivity contribution >= 4 is 10.8 Å². The Morgan fingerprint density at radius 1 is 0.944 bits per heavy atom. The summed E-state index contributed by atoms with van der Waals surface area (Å²) in [4.78, 5) is 7.81. The van der Waals surface area contributed by atoms with E-state index in [1.165, 1.54) is 6.33 Å². The van der Waals surface area contributed by atoms with Gasteiger partial charge in [-0.05, 0) is 35.0 Å². The molecule has 3 rings (SSSR count). The molecule has 0 fully saturated rings. The highest BCUT2D eigenvalue weighted by molar-refractivity contribution is 5.85. The Bertz CT molecular complexity index is 684. The van der Waals surface area contributed by atoms with Crippen LogP contribution in [0.4, 0.5) is 0 Å². The number of hydrogen-bond donors (Lipinski definition) is 1. The van der Waals surface area contributed by atoms with Crippen LogP contribution in [0.2, 0.25) is 0 Å². The first-order valence-corrected chi connectivity index (χ1v) is 5.48. The highest BCUT2D eigenvalue weighted by atomic mass is 16.5. The molecule has 1 N–H and O–H groups in total. The molecule has 0 spiro atoms. The SMILES string of the molecule is Oc1ccc2ccc(Oc3ccncn3)cc2c1. The number of phenols is 1. The largest absolute Gasteiger partial charge is 0.508 e. The minimum absolute atomic E-state index is 0.238. The highest BCUT2D eigenvalue weighted by Crippen LogP contribution is 2.26. The third kappa shape index (κ3) is 2.08. The molecular weight excluding hydrogens is 228 g/mol. The fourth-order valence-corrected chi connectivity index (χ4v) is 1.74. The Balaban J connectivity index is 1.98. The second kappa shape index (κ2) is 4.33. The molecule has 1 aromatic heterocycles. The van der Waals surface area contributed by atoms with Gasteiger partial charge in [0.1, 0.15) is 17.8 Å². The van der Waals surface area contributed by atoms with Crippen LogP contribution in [0.15, 0.2) is 55.0 Å². The molecule has 0 radical (unpaired) electrons. The molecule has 0 atom stereocenters. The fourth-order valence-electron chi connectivity index (χ4n) is 1.74. The van der Waals surface area contributed by atoms with E-state index in [0.717, 1.165) is 10.8 Å². The Labute approximate surface area is 104 Å². The molecular formula is C14H10N2O2. The average molecular weight is 238 g/mol. The molecule has 0 saturated carbocycles. The van der Waals surface area contributed by atoms with Crippen LogP contribution in [0.5, 0.6) is 17.4 Å². The molecule has 88 valence electrons. The van der Waals surface area contributed by atoms with Crippen LogP contribution in [-0.2, 0) is 0 Å². The molecule has 2 aromatic carbocycles. The number of hydrogen-bond acceptors (Lipinski definition) is 4. The fraction of sp³-hybridized carbons (Fsp3) is 0. The Morgan fingerprint density at radius 2 is 1.83 bits per heavy atom. The maximum absolute atomic E-state index is 9.45. The van der Waals surface area contributed by atoms with Crippen LogP contribution < -0.4 is 4.74 Å². The minimum Gasteiger partial charge on any atom is -0.508 e. The van der Waals surface area contributed by atoms with Crippen molar-refractivity contribution in [3.8, 4) is 17.4 Å². The van der Waals surface area contributed by atoms with E-state index in [1.807, 2.05) is 24.3 Å². The van der Waals surface area contributed by atoms with Crippen LogP contribution >= 0.6 is 0 Å². The first-order chi connectivity index (χ1) is 8.81. The van der Waals surface area contributed by atoms with Crippen LogP contribution in [0.3, 0.4) is 0 Å². The summed E-state index contributed by atoms with van der Waals surface area (Å²) in [5.41, 5.74) is 0. The predicted molar refractivity (Wildman–Crippen MR) is 67.7 cm³/mol. The van der Waals surface area contributed by atoms with E-state index in [-0.39, 0.29) is 5.75 Å². The number of aromatic hydroxyl groups is 1. The van der Waals surface area contributed by atoms with Gasteiger partial charge in [-0.1, -0.05) is 12.1 Å². The van der Waals surface area contributed by atoms with Gasteiger partial charge in [-0.15, -0.1) is 0 Å². The van der Waals surface area contributed by atoms with Gasteiger partial charge in [-0.3, -0.25) is 0 Å². The molecule has 18 heavy (non-hydrogen) atoms. The summed E-state index contributed by atoms with van der Waals surface area (Å²) in [6.07, 6.45) is 3.05. The van der Waals surface area contributed by atoms with Crippen molar-refractivity contribution in [1.82, 2.24) is 9.97 Å². The highest BCUT2D eigenvalue weighted by Gasteiger charge is 2.01. The van der Waals surface area contributed by atoms with Gasteiger partial charge in [-0.2, -0.15) is 0 Å². The van der Waals surface area contributed by atoms with Crippen molar-refractivity contribution in [2.24, 2.45) is 0 Å². The zero-order valence-electron chi connectivity index (χ0n) is 9.45. The lowest BCUT2D eigenvalue weighted by atomic mass is 10.1. The third-order valence-electron chi connectivity index (χ3n) is 2.57. The monoisotopic (exact) mass is 238 g/mol. The molecule has 0 aliphatic carbocycles. The van der Waals surface area contributed by atoms with Gasteiger partial charge < -0.3 is 9.84 Å². The Morgan fingerprint density at radius 3 is 2.67 bits per heavy atom. The van der Waals surface area contributed by atoms with E-state index in [0.29, 0.717) is 11.6 Å². The van der Waals surface area contributed by atoms with Crippen molar-refractivity contribution in [3.05, 3.63) is 55.0 Å². The van der Waals surface area contributed by atoms with Crippen molar-refractivity contribution in [2.75, 3.05) is 0 Å². The number of phenolic OH excluding ortho intramolecular Hbond substituents is 1. The molecule has 0 aliphatic rings. The van der Waals surface area contributed by atoms with Gasteiger partial charge in [0.2, 0.25) is 5.88 Å². The maximum atomic E-state index is 9.45. The van der Waals surface area contributed by atoms with Crippen molar-refractivity contribution in [2.45, 2.75) is 0 Å². The standard InChI is InChI=1S/C14H10N2O2/c17-12-3-1-10-2-4-13(8-11(10)7-12)18-14-5-6-15-9-16-14/h1-9,17H. The smallest absolute Gasteiger partial charge is 0.222 e. The van der Waals surface area contributed by atoms with Gasteiger partial charge in [0, 0.05) is 12.3 Å². The quantitative estimate of drug-likeness (QED) is 0.745. The van der Waals surface area contributed by atoms with Crippen LogP contribution in [0.25, 0.3) is 10.8 Å². The van der Waals surface area contributed by atoms with E-state index >= 15 is 0 Å². The van der Waals surface area contributed by atoms with Gasteiger partial charge >= 0.3 is 0 Å². The molecule has 4 heteroatoms. The maximum Gasteiger partial charge on any atom is 0.222 e. The van der Waals surface area contributed by atoms with E-state index in [4.69, 9.17) is 4.74 Å². The van der Waals surface area contributed by atoms with E-state index in [9.17, 15) is 5.11 Å². The first kappa shape index (κ1) is 10.5. The topological polar surface area (TPSA) is 55.2 Å². The van der Waals surface area contributed by atoms with E-state index < -0.39 is 0 Å². The molecule has 0 bridgehead atoms. The number of rotatable bonds is 2. The number of ether oxygens (including phenoxy) is 1. The average Bonchev–Trinajstić information content (AvgIpc) is 2.39. The lowest BCUT2D eigenvalue weighted by Gasteiger charge is -2.05. The molecule has 0 aliphatic heterocycles. The van der Waals surface area contributed by atoms with Gasteiger partial charge in [0.25, 0.3) is 0 Å². The zero-order valence-corrected chi connectivity index (χ0v) is 9.45. The minimum atomic E-state index is 0.238. The summed E-state index contributed by atoms with van der Waals surface area (Å²) in [6.45, 7) is 0. The number of aromatic nitrogens is 2. The van der Waals surface area contributed by atoms with Crippen molar-refractivity contribution < 1.29 is 9.84 Å². The Hall–Kier alpha value is -2.62. The molecule has 4 nitrogen and oxygen atoms in total. The Kier molecular flexibility index (Phi) is 2.53. The summed E-state index contributed by atoms with van der Waals surface area (Å²) < 4.78 is 5.59. The van der Waals surface area contributed by atoms with Crippen LogP contribution in [0, 0.1) is 0 Å². The van der Waals surface area contributed by atoms with E-state index in [1.54, 1.807) is 24.4 Å². The number of benzene rings is 2. The molecule has 1 heterocycles. The van der Waals surface area contributed by atoms with Crippen molar-refractivity contribution in [3.63, 3.8) is 0 Å². The summed E-state index contributed by atoms with van der Waals surface area (Å²) in [6, 6.07) is 12.6. The number of fused-ring (bicyclic) bond motifs is 1. The molecule has 0 unspecified atom stereocenters. The second-order valence-electron chi connectivity index (χ2n) is 3.84. The summed E-state index contributed by atoms with van der Waals surface area (Å²) in [7, 11) is 0. The van der Waals surface area contributed by atoms with Crippen LogP contribution in [-0.4, -0.2) is 15.1 Å². The van der Waals surface area contributed by atoms with Gasteiger partial charge in [0.15, 0.2) is 0 Å². The lowest BCUT2D eigenvalue weighted by molar-refractivity contribution is 0.462. The van der Waals surface area contributed by atoms with Gasteiger partial charge in [-0.25, -0.2) is 9.97 Å². The zero-order chi connectivity index (χ0) is 12.4. The normalized spacial score (nSPS) is 10.4. The molecule has 0 saturated heterocycles. The summed E-state index contributed by atoms with van der Waals surface area (Å²) in [5, 5.41) is 11.4. The number of nitrogens with zero attached hydrogens (tertiary/aromatic N) is 2. The molecule has 0 amide bonds.